The Labute approximate surface area is 374 Å². The molecule has 3 heterocycles. The van der Waals surface area contributed by atoms with Gasteiger partial charge < -0.3 is 9.13 Å². The van der Waals surface area contributed by atoms with Crippen molar-refractivity contribution in [3.63, 3.8) is 0 Å². The number of fused-ring (bicyclic) bond motifs is 12. The molecule has 0 fully saturated rings. The van der Waals surface area contributed by atoms with E-state index in [1.165, 1.54) is 108 Å². The lowest BCUT2D eigenvalue weighted by Crippen LogP contribution is -2.28. The average molecular weight is 831 g/mol. The molecule has 0 N–H and O–H groups in total. The lowest BCUT2D eigenvalue weighted by atomic mass is 9.67. The third kappa shape index (κ3) is 4.90. The predicted molar refractivity (Wildman–Crippen MR) is 271 cm³/mol. The lowest BCUT2D eigenvalue weighted by Gasteiger charge is -2.34. The molecular formula is C61H38N2S. The molecule has 13 aromatic rings. The first-order chi connectivity index (χ1) is 31.7. The molecule has 0 saturated carbocycles. The summed E-state index contributed by atoms with van der Waals surface area (Å²) >= 11 is 1.87. The van der Waals surface area contributed by atoms with Gasteiger partial charge in [-0.3, -0.25) is 0 Å². The SMILES string of the molecule is c1ccc(-n2c3ccccc3c3cc(-n4c5ccc(-c6ccc7sc8ccccc8c7c6)cc5c5cc(C6(c7ccccc7)c7ccccc7-c7ccccc76)ccc54)ccc32)cc1. The molecule has 0 aliphatic heterocycles. The third-order valence-corrected chi connectivity index (χ3v) is 15.1. The molecule has 0 unspecified atom stereocenters. The van der Waals surface area contributed by atoms with Gasteiger partial charge in [-0.1, -0.05) is 152 Å². The summed E-state index contributed by atoms with van der Waals surface area (Å²) in [6.45, 7) is 0. The van der Waals surface area contributed by atoms with Gasteiger partial charge >= 0.3 is 0 Å². The topological polar surface area (TPSA) is 9.86 Å². The molecule has 14 rings (SSSR count). The third-order valence-electron chi connectivity index (χ3n) is 14.0. The van der Waals surface area contributed by atoms with E-state index >= 15 is 0 Å². The standard InChI is InChI=1S/C61H38N2S/c1-3-15-41(16-4-1)61(53-23-11-7-19-45(53)46-20-8-12-24-54(46)61)42-29-32-57-50(37-42)49-35-39(40-28-34-60-52(36-40)48-22-10-14-26-59(48)64-60)27-31-56(49)63(57)44-30-33-58-51(38-44)47-21-9-13-25-55(47)62(58)43-17-5-2-6-18-43/h1-38H. The lowest BCUT2D eigenvalue weighted by molar-refractivity contribution is 0.770. The van der Waals surface area contributed by atoms with Crippen LogP contribution >= 0.6 is 11.3 Å². The fourth-order valence-electron chi connectivity index (χ4n) is 11.3. The molecule has 1 aliphatic rings. The highest BCUT2D eigenvalue weighted by Gasteiger charge is 2.46. The Morgan fingerprint density at radius 3 is 1.58 bits per heavy atom. The van der Waals surface area contributed by atoms with Gasteiger partial charge in [0.2, 0.25) is 0 Å². The molecule has 3 aromatic heterocycles. The van der Waals surface area contributed by atoms with Crippen molar-refractivity contribution in [3.05, 3.63) is 253 Å². The number of aromatic nitrogens is 2. The number of hydrogen-bond acceptors (Lipinski definition) is 1. The molecule has 0 bridgehead atoms. The number of hydrogen-bond donors (Lipinski definition) is 0. The summed E-state index contributed by atoms with van der Waals surface area (Å²) in [7, 11) is 0. The van der Waals surface area contributed by atoms with Gasteiger partial charge in [-0.05, 0) is 123 Å². The number of thiophene rings is 1. The second-order valence-corrected chi connectivity index (χ2v) is 18.3. The van der Waals surface area contributed by atoms with E-state index in [4.69, 9.17) is 0 Å². The van der Waals surface area contributed by atoms with Gasteiger partial charge in [0.1, 0.15) is 0 Å². The fourth-order valence-corrected chi connectivity index (χ4v) is 12.4. The summed E-state index contributed by atoms with van der Waals surface area (Å²) < 4.78 is 7.53. The van der Waals surface area contributed by atoms with Crippen LogP contribution < -0.4 is 0 Å². The Balaban J connectivity index is 1.06. The Bertz CT molecular complexity index is 3970. The maximum atomic E-state index is 2.51. The fraction of sp³-hybridized carbons (Fsp3) is 0.0164. The molecule has 0 amide bonds. The monoisotopic (exact) mass is 830 g/mol. The summed E-state index contributed by atoms with van der Waals surface area (Å²) in [5.41, 5.74) is 16.8. The normalized spacial score (nSPS) is 13.1. The molecule has 3 heteroatoms. The van der Waals surface area contributed by atoms with Crippen LogP contribution in [0.4, 0.5) is 0 Å². The molecule has 0 atom stereocenters. The minimum atomic E-state index is -0.502. The highest BCUT2D eigenvalue weighted by atomic mass is 32.1. The van der Waals surface area contributed by atoms with Crippen molar-refractivity contribution in [1.29, 1.82) is 0 Å². The van der Waals surface area contributed by atoms with Crippen molar-refractivity contribution < 1.29 is 0 Å². The van der Waals surface area contributed by atoms with Crippen molar-refractivity contribution in [2.24, 2.45) is 0 Å². The van der Waals surface area contributed by atoms with Crippen LogP contribution in [-0.4, -0.2) is 9.13 Å². The zero-order valence-electron chi connectivity index (χ0n) is 34.7. The summed E-state index contributed by atoms with van der Waals surface area (Å²) in [6.07, 6.45) is 0. The summed E-state index contributed by atoms with van der Waals surface area (Å²) in [5.74, 6) is 0. The van der Waals surface area contributed by atoms with Crippen molar-refractivity contribution in [2.75, 3.05) is 0 Å². The Morgan fingerprint density at radius 2 is 0.812 bits per heavy atom. The van der Waals surface area contributed by atoms with Gasteiger partial charge in [0, 0.05) is 53.1 Å². The van der Waals surface area contributed by atoms with Crippen molar-refractivity contribution in [3.8, 4) is 33.6 Å². The quantitative estimate of drug-likeness (QED) is 0.164. The first-order valence-corrected chi connectivity index (χ1v) is 22.9. The van der Waals surface area contributed by atoms with E-state index in [1.54, 1.807) is 0 Å². The number of nitrogens with zero attached hydrogens (tertiary/aromatic N) is 2. The van der Waals surface area contributed by atoms with E-state index in [0.29, 0.717) is 0 Å². The second-order valence-electron chi connectivity index (χ2n) is 17.2. The van der Waals surface area contributed by atoms with E-state index in [0.717, 1.165) is 11.4 Å². The first-order valence-electron chi connectivity index (χ1n) is 22.1. The molecule has 0 spiro atoms. The Kier molecular flexibility index (Phi) is 7.51. The summed E-state index contributed by atoms with van der Waals surface area (Å²) in [4.78, 5) is 0. The van der Waals surface area contributed by atoms with Gasteiger partial charge in [-0.2, -0.15) is 0 Å². The molecule has 1 aliphatic carbocycles. The van der Waals surface area contributed by atoms with E-state index < -0.39 is 5.41 Å². The molecule has 10 aromatic carbocycles. The van der Waals surface area contributed by atoms with Gasteiger partial charge in [-0.15, -0.1) is 11.3 Å². The van der Waals surface area contributed by atoms with Gasteiger partial charge in [0.25, 0.3) is 0 Å². The summed E-state index contributed by atoms with van der Waals surface area (Å²) in [6, 6.07) is 86.0. The molecule has 0 radical (unpaired) electrons. The van der Waals surface area contributed by atoms with Crippen molar-refractivity contribution in [1.82, 2.24) is 9.13 Å². The number of para-hydroxylation sites is 2. The minimum Gasteiger partial charge on any atom is -0.309 e. The van der Waals surface area contributed by atoms with Gasteiger partial charge in [0.05, 0.1) is 27.5 Å². The number of benzene rings is 10. The molecular weight excluding hydrogens is 793 g/mol. The largest absolute Gasteiger partial charge is 0.309 e. The number of rotatable bonds is 5. The van der Waals surface area contributed by atoms with Crippen LogP contribution in [0.2, 0.25) is 0 Å². The molecule has 2 nitrogen and oxygen atoms in total. The van der Waals surface area contributed by atoms with Gasteiger partial charge in [0.15, 0.2) is 0 Å². The van der Waals surface area contributed by atoms with Crippen molar-refractivity contribution >= 4 is 75.1 Å². The van der Waals surface area contributed by atoms with Gasteiger partial charge in [-0.25, -0.2) is 0 Å². The highest BCUT2D eigenvalue weighted by Crippen LogP contribution is 2.56. The smallest absolute Gasteiger partial charge is 0.0713 e. The van der Waals surface area contributed by atoms with Crippen LogP contribution in [0.25, 0.3) is 97.4 Å². The molecule has 64 heavy (non-hydrogen) atoms. The molecule has 298 valence electrons. The Hall–Kier alpha value is -7.98. The highest BCUT2D eigenvalue weighted by molar-refractivity contribution is 7.25. The minimum absolute atomic E-state index is 0.502. The van der Waals surface area contributed by atoms with Crippen LogP contribution in [0.15, 0.2) is 231 Å². The van der Waals surface area contributed by atoms with E-state index in [1.807, 2.05) is 11.3 Å². The Morgan fingerprint density at radius 1 is 0.297 bits per heavy atom. The second kappa shape index (κ2) is 13.5. The maximum absolute atomic E-state index is 2.51. The van der Waals surface area contributed by atoms with Crippen LogP contribution in [-0.2, 0) is 5.41 Å². The maximum Gasteiger partial charge on any atom is 0.0713 e. The first kappa shape index (κ1) is 35.6. The van der Waals surface area contributed by atoms with Crippen LogP contribution in [0, 0.1) is 0 Å². The zero-order valence-corrected chi connectivity index (χ0v) is 35.6. The molecule has 0 saturated heterocycles. The van der Waals surface area contributed by atoms with Crippen LogP contribution in [0.3, 0.4) is 0 Å². The van der Waals surface area contributed by atoms with E-state index in [2.05, 4.69) is 240 Å². The van der Waals surface area contributed by atoms with Crippen molar-refractivity contribution in [2.45, 2.75) is 5.41 Å². The van der Waals surface area contributed by atoms with E-state index in [9.17, 15) is 0 Å². The van der Waals surface area contributed by atoms with Crippen LogP contribution in [0.5, 0.6) is 0 Å². The predicted octanol–water partition coefficient (Wildman–Crippen LogP) is 16.3. The van der Waals surface area contributed by atoms with Crippen LogP contribution in [0.1, 0.15) is 22.3 Å². The zero-order chi connectivity index (χ0) is 41.9. The summed E-state index contributed by atoms with van der Waals surface area (Å²) in [5, 5.41) is 7.58. The average Bonchev–Trinajstić information content (AvgIpc) is 4.09. The van der Waals surface area contributed by atoms with E-state index in [-0.39, 0.29) is 0 Å².